The van der Waals surface area contributed by atoms with E-state index < -0.39 is 0 Å². The van der Waals surface area contributed by atoms with Crippen molar-refractivity contribution in [2.75, 3.05) is 25.1 Å². The Morgan fingerprint density at radius 3 is 3.00 bits per heavy atom. The van der Waals surface area contributed by atoms with E-state index in [0.29, 0.717) is 35.9 Å². The Bertz CT molecular complexity index is 492. The van der Waals surface area contributed by atoms with Crippen LogP contribution in [0, 0.1) is 11.8 Å². The molecule has 3 N–H and O–H groups in total. The molecule has 19 heavy (non-hydrogen) atoms. The highest BCUT2D eigenvalue weighted by atomic mass is 35.5. The van der Waals surface area contributed by atoms with Crippen molar-refractivity contribution in [1.82, 2.24) is 0 Å². The Kier molecular flexibility index (Phi) is 6.98. The van der Waals surface area contributed by atoms with Gasteiger partial charge in [0.25, 0.3) is 0 Å². The smallest absolute Gasteiger partial charge is 0.226 e. The van der Waals surface area contributed by atoms with Crippen molar-refractivity contribution in [1.29, 1.82) is 0 Å². The van der Waals surface area contributed by atoms with Crippen molar-refractivity contribution in [3.05, 3.63) is 28.8 Å². The summed E-state index contributed by atoms with van der Waals surface area (Å²) in [7, 11) is 0. The molecular formula is C14H17ClN2O2. The van der Waals surface area contributed by atoms with E-state index in [0.717, 1.165) is 0 Å². The maximum absolute atomic E-state index is 11.6. The highest BCUT2D eigenvalue weighted by Gasteiger charge is 2.04. The molecular weight excluding hydrogens is 264 g/mol. The number of halogens is 1. The molecule has 0 heterocycles. The third-order valence-electron chi connectivity index (χ3n) is 2.25. The van der Waals surface area contributed by atoms with Gasteiger partial charge in [-0.3, -0.25) is 4.79 Å². The van der Waals surface area contributed by atoms with Crippen molar-refractivity contribution in [3.63, 3.8) is 0 Å². The number of ether oxygens (including phenoxy) is 1. The number of hydrogen-bond donors (Lipinski definition) is 2. The SMILES string of the molecule is CCOCCC(=O)Nc1ccc(Cl)c(C#CCN)c1. The third-order valence-corrected chi connectivity index (χ3v) is 2.58. The monoisotopic (exact) mass is 280 g/mol. The normalized spacial score (nSPS) is 9.63. The predicted molar refractivity (Wildman–Crippen MR) is 77.1 cm³/mol. The summed E-state index contributed by atoms with van der Waals surface area (Å²) < 4.78 is 5.12. The molecule has 0 bridgehead atoms. The summed E-state index contributed by atoms with van der Waals surface area (Å²) in [5.41, 5.74) is 6.62. The fourth-order valence-electron chi connectivity index (χ4n) is 1.38. The molecule has 0 atom stereocenters. The van der Waals surface area contributed by atoms with Crippen LogP contribution in [0.4, 0.5) is 5.69 Å². The van der Waals surface area contributed by atoms with Crippen LogP contribution in [-0.4, -0.2) is 25.7 Å². The highest BCUT2D eigenvalue weighted by Crippen LogP contribution is 2.19. The molecule has 0 aliphatic rings. The molecule has 0 aromatic heterocycles. The van der Waals surface area contributed by atoms with Crippen LogP contribution in [0.3, 0.4) is 0 Å². The fourth-order valence-corrected chi connectivity index (χ4v) is 1.54. The maximum atomic E-state index is 11.6. The Balaban J connectivity index is 2.66. The number of nitrogens with one attached hydrogen (secondary N) is 1. The zero-order valence-electron chi connectivity index (χ0n) is 10.8. The van der Waals surface area contributed by atoms with Gasteiger partial charge < -0.3 is 15.8 Å². The van der Waals surface area contributed by atoms with Gasteiger partial charge in [-0.15, -0.1) is 0 Å². The van der Waals surface area contributed by atoms with Crippen molar-refractivity contribution >= 4 is 23.2 Å². The largest absolute Gasteiger partial charge is 0.381 e. The number of rotatable bonds is 5. The lowest BCUT2D eigenvalue weighted by atomic mass is 10.2. The number of hydrogen-bond acceptors (Lipinski definition) is 3. The van der Waals surface area contributed by atoms with Gasteiger partial charge in [0.15, 0.2) is 0 Å². The molecule has 1 rings (SSSR count). The number of carbonyl (C=O) groups excluding carboxylic acids is 1. The first kappa shape index (κ1) is 15.5. The van der Waals surface area contributed by atoms with Gasteiger partial charge in [-0.05, 0) is 25.1 Å². The zero-order chi connectivity index (χ0) is 14.1. The second kappa shape index (κ2) is 8.54. The van der Waals surface area contributed by atoms with Gasteiger partial charge in [-0.25, -0.2) is 0 Å². The lowest BCUT2D eigenvalue weighted by Gasteiger charge is -2.06. The molecule has 0 saturated heterocycles. The summed E-state index contributed by atoms with van der Waals surface area (Å²) in [6.45, 7) is 3.17. The van der Waals surface area contributed by atoms with Crippen molar-refractivity contribution in [3.8, 4) is 11.8 Å². The number of carbonyl (C=O) groups is 1. The van der Waals surface area contributed by atoms with Gasteiger partial charge in [0.1, 0.15) is 0 Å². The fraction of sp³-hybridized carbons (Fsp3) is 0.357. The van der Waals surface area contributed by atoms with Gasteiger partial charge in [0.05, 0.1) is 24.6 Å². The first-order valence-corrected chi connectivity index (χ1v) is 6.41. The molecule has 4 nitrogen and oxygen atoms in total. The highest BCUT2D eigenvalue weighted by molar-refractivity contribution is 6.31. The van der Waals surface area contributed by atoms with Crippen LogP contribution >= 0.6 is 11.6 Å². The summed E-state index contributed by atoms with van der Waals surface area (Å²) >= 11 is 5.99. The van der Waals surface area contributed by atoms with Crippen molar-refractivity contribution in [2.24, 2.45) is 5.73 Å². The molecule has 0 saturated carbocycles. The molecule has 0 aliphatic carbocycles. The van der Waals surface area contributed by atoms with E-state index >= 15 is 0 Å². The van der Waals surface area contributed by atoms with Crippen molar-refractivity contribution < 1.29 is 9.53 Å². The number of nitrogens with two attached hydrogens (primary N) is 1. The molecule has 0 fully saturated rings. The average Bonchev–Trinajstić information content (AvgIpc) is 2.39. The van der Waals surface area contributed by atoms with E-state index in [-0.39, 0.29) is 12.5 Å². The minimum atomic E-state index is -0.103. The molecule has 102 valence electrons. The second-order valence-electron chi connectivity index (χ2n) is 3.70. The van der Waals surface area contributed by atoms with Gasteiger partial charge in [-0.2, -0.15) is 0 Å². The van der Waals surface area contributed by atoms with Crippen LogP contribution in [0.25, 0.3) is 0 Å². The van der Waals surface area contributed by atoms with Crippen LogP contribution in [0.15, 0.2) is 18.2 Å². The number of amides is 1. The Morgan fingerprint density at radius 2 is 2.32 bits per heavy atom. The quantitative estimate of drug-likeness (QED) is 0.641. The van der Waals surface area contributed by atoms with Crippen LogP contribution in [0.5, 0.6) is 0 Å². The van der Waals surface area contributed by atoms with Gasteiger partial charge >= 0.3 is 0 Å². The summed E-state index contributed by atoms with van der Waals surface area (Å²) in [6.07, 6.45) is 0.320. The molecule has 1 amide bonds. The molecule has 0 spiro atoms. The van der Waals surface area contributed by atoms with E-state index in [2.05, 4.69) is 17.2 Å². The van der Waals surface area contributed by atoms with Gasteiger partial charge in [-0.1, -0.05) is 23.4 Å². The first-order valence-electron chi connectivity index (χ1n) is 6.03. The molecule has 1 aromatic carbocycles. The predicted octanol–water partition coefficient (Wildman–Crippen LogP) is 2.02. The topological polar surface area (TPSA) is 64.3 Å². The summed E-state index contributed by atoms with van der Waals surface area (Å²) in [4.78, 5) is 11.6. The van der Waals surface area contributed by atoms with Gasteiger partial charge in [0.2, 0.25) is 5.91 Å². The Morgan fingerprint density at radius 1 is 1.53 bits per heavy atom. The van der Waals surface area contributed by atoms with Crippen LogP contribution in [-0.2, 0) is 9.53 Å². The maximum Gasteiger partial charge on any atom is 0.226 e. The Labute approximate surface area is 118 Å². The van der Waals surface area contributed by atoms with E-state index in [1.165, 1.54) is 0 Å². The molecule has 0 radical (unpaired) electrons. The third kappa shape index (κ3) is 5.75. The zero-order valence-corrected chi connectivity index (χ0v) is 11.6. The molecule has 5 heteroatoms. The number of anilines is 1. The standard InChI is InChI=1S/C14H17ClN2O2/c1-2-19-9-7-14(18)17-12-5-6-13(15)11(10-12)4-3-8-16/h5-6,10H,2,7-9,16H2,1H3,(H,17,18). The Hall–Kier alpha value is -1.54. The van der Waals surface area contributed by atoms with Crippen LogP contribution < -0.4 is 11.1 Å². The van der Waals surface area contributed by atoms with Crippen molar-refractivity contribution in [2.45, 2.75) is 13.3 Å². The summed E-state index contributed by atoms with van der Waals surface area (Å²) in [5, 5.41) is 3.30. The number of benzene rings is 1. The van der Waals surface area contributed by atoms with Gasteiger partial charge in [0, 0.05) is 17.9 Å². The molecule has 0 unspecified atom stereocenters. The van der Waals surface area contributed by atoms with Crippen LogP contribution in [0.2, 0.25) is 5.02 Å². The second-order valence-corrected chi connectivity index (χ2v) is 4.10. The lowest BCUT2D eigenvalue weighted by Crippen LogP contribution is -2.14. The first-order chi connectivity index (χ1) is 9.17. The molecule has 1 aromatic rings. The van der Waals surface area contributed by atoms with E-state index in [1.807, 2.05) is 6.92 Å². The molecule has 0 aliphatic heterocycles. The average molecular weight is 281 g/mol. The summed E-state index contributed by atoms with van der Waals surface area (Å²) in [5.74, 6) is 5.48. The van der Waals surface area contributed by atoms with E-state index in [9.17, 15) is 4.79 Å². The van der Waals surface area contributed by atoms with E-state index in [1.54, 1.807) is 18.2 Å². The van der Waals surface area contributed by atoms with Crippen LogP contribution in [0.1, 0.15) is 18.9 Å². The van der Waals surface area contributed by atoms with E-state index in [4.69, 9.17) is 22.1 Å². The minimum absolute atomic E-state index is 0.103. The summed E-state index contributed by atoms with van der Waals surface area (Å²) in [6, 6.07) is 5.15. The lowest BCUT2D eigenvalue weighted by molar-refractivity contribution is -0.117. The minimum Gasteiger partial charge on any atom is -0.381 e.